The SMILES string of the molecule is O=C1C(=O)N(CC2(CBr)CC2)c2cccc(Br)c21. The Labute approximate surface area is 122 Å². The average Bonchev–Trinajstić information content (AvgIpc) is 3.10. The highest BCUT2D eigenvalue weighted by atomic mass is 79.9. The van der Waals surface area contributed by atoms with Gasteiger partial charge in [-0.05, 0) is 46.3 Å². The highest BCUT2D eigenvalue weighted by molar-refractivity contribution is 9.10. The predicted octanol–water partition coefficient (Wildman–Crippen LogP) is 3.15. The van der Waals surface area contributed by atoms with E-state index in [-0.39, 0.29) is 5.41 Å². The smallest absolute Gasteiger partial charge is 0.299 e. The number of carbonyl (C=O) groups is 2. The van der Waals surface area contributed by atoms with Crippen molar-refractivity contribution in [2.45, 2.75) is 12.8 Å². The molecule has 1 aliphatic heterocycles. The molecule has 2 aliphatic rings. The Morgan fingerprint density at radius 2 is 2.00 bits per heavy atom. The van der Waals surface area contributed by atoms with Crippen LogP contribution in [0.3, 0.4) is 0 Å². The van der Waals surface area contributed by atoms with E-state index in [4.69, 9.17) is 0 Å². The van der Waals surface area contributed by atoms with Crippen molar-refractivity contribution in [3.8, 4) is 0 Å². The summed E-state index contributed by atoms with van der Waals surface area (Å²) < 4.78 is 0.699. The Hall–Kier alpha value is -0.680. The van der Waals surface area contributed by atoms with E-state index in [1.54, 1.807) is 11.0 Å². The van der Waals surface area contributed by atoms with Gasteiger partial charge in [0.15, 0.2) is 0 Å². The first-order valence-electron chi connectivity index (χ1n) is 5.79. The summed E-state index contributed by atoms with van der Waals surface area (Å²) in [5.41, 5.74) is 1.42. The minimum atomic E-state index is -0.400. The van der Waals surface area contributed by atoms with Gasteiger partial charge < -0.3 is 4.90 Å². The van der Waals surface area contributed by atoms with Gasteiger partial charge in [0.25, 0.3) is 11.7 Å². The fourth-order valence-corrected chi connectivity index (χ4v) is 3.58. The number of nitrogens with zero attached hydrogens (tertiary/aromatic N) is 1. The van der Waals surface area contributed by atoms with E-state index < -0.39 is 11.7 Å². The molecule has 1 aliphatic carbocycles. The zero-order chi connectivity index (χ0) is 12.9. The van der Waals surface area contributed by atoms with Crippen molar-refractivity contribution in [1.82, 2.24) is 0 Å². The highest BCUT2D eigenvalue weighted by Crippen LogP contribution is 2.49. The number of hydrogen-bond acceptors (Lipinski definition) is 2. The molecule has 94 valence electrons. The summed E-state index contributed by atoms with van der Waals surface area (Å²) in [6, 6.07) is 5.49. The summed E-state index contributed by atoms with van der Waals surface area (Å²) in [6.45, 7) is 0.631. The van der Waals surface area contributed by atoms with E-state index >= 15 is 0 Å². The Kier molecular flexibility index (Phi) is 2.86. The molecule has 18 heavy (non-hydrogen) atoms. The number of anilines is 1. The molecule has 3 rings (SSSR count). The summed E-state index contributed by atoms with van der Waals surface area (Å²) in [7, 11) is 0. The van der Waals surface area contributed by atoms with Crippen molar-refractivity contribution in [2.24, 2.45) is 5.41 Å². The number of hydrogen-bond donors (Lipinski definition) is 0. The largest absolute Gasteiger partial charge is 0.304 e. The maximum atomic E-state index is 12.1. The second kappa shape index (κ2) is 4.17. The third kappa shape index (κ3) is 1.75. The van der Waals surface area contributed by atoms with Crippen LogP contribution < -0.4 is 4.90 Å². The molecule has 5 heteroatoms. The van der Waals surface area contributed by atoms with Crippen molar-refractivity contribution >= 4 is 49.2 Å². The van der Waals surface area contributed by atoms with Gasteiger partial charge in [0.2, 0.25) is 0 Å². The summed E-state index contributed by atoms with van der Waals surface area (Å²) in [6.07, 6.45) is 2.22. The Balaban J connectivity index is 2.00. The van der Waals surface area contributed by atoms with Gasteiger partial charge in [-0.3, -0.25) is 9.59 Å². The van der Waals surface area contributed by atoms with Crippen molar-refractivity contribution in [3.63, 3.8) is 0 Å². The van der Waals surface area contributed by atoms with E-state index in [2.05, 4.69) is 31.9 Å². The van der Waals surface area contributed by atoms with E-state index in [0.717, 1.165) is 23.9 Å². The molecule has 1 amide bonds. The first-order chi connectivity index (χ1) is 8.58. The second-order valence-electron chi connectivity index (χ2n) is 4.99. The molecule has 0 unspecified atom stereocenters. The Morgan fingerprint density at radius 3 is 2.61 bits per heavy atom. The van der Waals surface area contributed by atoms with Gasteiger partial charge >= 0.3 is 0 Å². The lowest BCUT2D eigenvalue weighted by atomic mass is 10.1. The molecule has 1 saturated carbocycles. The van der Waals surface area contributed by atoms with Crippen molar-refractivity contribution in [1.29, 1.82) is 0 Å². The zero-order valence-electron chi connectivity index (χ0n) is 9.58. The fraction of sp³-hybridized carbons (Fsp3) is 0.385. The van der Waals surface area contributed by atoms with Crippen LogP contribution in [0.4, 0.5) is 5.69 Å². The first kappa shape index (κ1) is 12.4. The van der Waals surface area contributed by atoms with Crippen molar-refractivity contribution < 1.29 is 9.59 Å². The lowest BCUT2D eigenvalue weighted by molar-refractivity contribution is -0.114. The number of amides is 1. The summed E-state index contributed by atoms with van der Waals surface area (Å²) in [5, 5.41) is 0.876. The molecule has 0 spiro atoms. The van der Waals surface area contributed by atoms with Crippen molar-refractivity contribution in [3.05, 3.63) is 28.2 Å². The number of fused-ring (bicyclic) bond motifs is 1. The zero-order valence-corrected chi connectivity index (χ0v) is 12.8. The van der Waals surface area contributed by atoms with E-state index in [0.29, 0.717) is 16.6 Å². The molecule has 1 heterocycles. The molecule has 0 atom stereocenters. The molecule has 1 fully saturated rings. The number of alkyl halides is 1. The van der Waals surface area contributed by atoms with E-state index in [1.807, 2.05) is 12.1 Å². The van der Waals surface area contributed by atoms with Gasteiger partial charge in [-0.1, -0.05) is 22.0 Å². The number of carbonyl (C=O) groups excluding carboxylic acids is 2. The standard InChI is InChI=1S/C13H11Br2NO2/c14-6-13(4-5-13)7-16-9-3-1-2-8(15)10(9)11(17)12(16)18/h1-3H,4-7H2. The molecular weight excluding hydrogens is 362 g/mol. The third-order valence-electron chi connectivity index (χ3n) is 3.68. The first-order valence-corrected chi connectivity index (χ1v) is 7.70. The molecule has 3 nitrogen and oxygen atoms in total. The number of Topliss-reactive ketones (excluding diaryl/α,β-unsaturated/α-hetero) is 1. The van der Waals surface area contributed by atoms with Crippen LogP contribution in [0.5, 0.6) is 0 Å². The maximum Gasteiger partial charge on any atom is 0.299 e. The highest BCUT2D eigenvalue weighted by Gasteiger charge is 2.47. The number of benzene rings is 1. The van der Waals surface area contributed by atoms with Crippen LogP contribution >= 0.6 is 31.9 Å². The topological polar surface area (TPSA) is 37.4 Å². The van der Waals surface area contributed by atoms with Crippen LogP contribution in [0.2, 0.25) is 0 Å². The number of ketones is 1. The Bertz CT molecular complexity index is 552. The van der Waals surface area contributed by atoms with Crippen LogP contribution in [-0.2, 0) is 4.79 Å². The molecule has 0 aromatic heterocycles. The molecule has 1 aromatic rings. The van der Waals surface area contributed by atoms with Crippen LogP contribution in [-0.4, -0.2) is 23.6 Å². The maximum absolute atomic E-state index is 12.1. The quantitative estimate of drug-likeness (QED) is 0.603. The van der Waals surface area contributed by atoms with Gasteiger partial charge in [0, 0.05) is 16.3 Å². The third-order valence-corrected chi connectivity index (χ3v) is 5.53. The van der Waals surface area contributed by atoms with Gasteiger partial charge in [0.1, 0.15) is 0 Å². The van der Waals surface area contributed by atoms with Gasteiger partial charge in [-0.2, -0.15) is 0 Å². The minimum absolute atomic E-state index is 0.167. The van der Waals surface area contributed by atoms with E-state index in [1.165, 1.54) is 0 Å². The number of rotatable bonds is 3. The van der Waals surface area contributed by atoms with Crippen LogP contribution in [0.15, 0.2) is 22.7 Å². The van der Waals surface area contributed by atoms with Crippen LogP contribution in [0.25, 0.3) is 0 Å². The summed E-state index contributed by atoms with van der Waals surface area (Å²) >= 11 is 6.84. The van der Waals surface area contributed by atoms with Crippen molar-refractivity contribution in [2.75, 3.05) is 16.8 Å². The molecule has 0 saturated heterocycles. The Morgan fingerprint density at radius 1 is 1.28 bits per heavy atom. The van der Waals surface area contributed by atoms with E-state index in [9.17, 15) is 9.59 Å². The van der Waals surface area contributed by atoms with Gasteiger partial charge in [-0.25, -0.2) is 0 Å². The molecular formula is C13H11Br2NO2. The summed E-state index contributed by atoms with van der Waals surface area (Å²) in [4.78, 5) is 25.7. The molecule has 0 radical (unpaired) electrons. The predicted molar refractivity (Wildman–Crippen MR) is 76.3 cm³/mol. The lowest BCUT2D eigenvalue weighted by Crippen LogP contribution is -2.35. The lowest BCUT2D eigenvalue weighted by Gasteiger charge is -2.22. The average molecular weight is 373 g/mol. The van der Waals surface area contributed by atoms with Gasteiger partial charge in [0.05, 0.1) is 11.3 Å². The summed E-state index contributed by atoms with van der Waals surface area (Å²) in [5.74, 6) is -0.799. The second-order valence-corrected chi connectivity index (χ2v) is 6.40. The fourth-order valence-electron chi connectivity index (χ4n) is 2.30. The van der Waals surface area contributed by atoms with Crippen LogP contribution in [0, 0.1) is 5.41 Å². The number of halogens is 2. The minimum Gasteiger partial charge on any atom is -0.304 e. The molecule has 1 aromatic carbocycles. The monoisotopic (exact) mass is 371 g/mol. The normalized spacial score (nSPS) is 20.2. The van der Waals surface area contributed by atoms with Crippen LogP contribution in [0.1, 0.15) is 23.2 Å². The molecule has 0 bridgehead atoms. The molecule has 0 N–H and O–H groups in total. The van der Waals surface area contributed by atoms with Gasteiger partial charge in [-0.15, -0.1) is 0 Å².